The molecule has 1 aromatic rings. The maximum atomic E-state index is 6.18. The molecule has 0 fully saturated rings. The molecule has 0 radical (unpaired) electrons. The predicted octanol–water partition coefficient (Wildman–Crippen LogP) is 5.05. The van der Waals surface area contributed by atoms with Gasteiger partial charge in [-0.2, -0.15) is 0 Å². The second-order valence-electron chi connectivity index (χ2n) is 6.23. The van der Waals surface area contributed by atoms with Crippen LogP contribution in [0.4, 0.5) is 0 Å². The van der Waals surface area contributed by atoms with Crippen molar-refractivity contribution in [3.05, 3.63) is 35.8 Å². The number of allylic oxidation sites excluding steroid dienone is 1. The summed E-state index contributed by atoms with van der Waals surface area (Å²) in [6, 6.07) is 8.03. The van der Waals surface area contributed by atoms with Gasteiger partial charge in [-0.05, 0) is 57.6 Å². The minimum atomic E-state index is -1.72. The Labute approximate surface area is 130 Å². The molecule has 0 N–H and O–H groups in total. The summed E-state index contributed by atoms with van der Waals surface area (Å²) in [6.07, 6.45) is 0.954. The topological polar surface area (TPSA) is 27.7 Å². The van der Waals surface area contributed by atoms with Crippen LogP contribution in [0.1, 0.15) is 32.8 Å². The van der Waals surface area contributed by atoms with Crippen molar-refractivity contribution in [3.63, 3.8) is 0 Å². The highest BCUT2D eigenvalue weighted by atomic mass is 28.4. The first-order valence-electron chi connectivity index (χ1n) is 7.50. The van der Waals surface area contributed by atoms with Gasteiger partial charge in [-0.15, -0.1) is 0 Å². The number of benzene rings is 1. The van der Waals surface area contributed by atoms with Crippen LogP contribution >= 0.6 is 0 Å². The molecule has 3 nitrogen and oxygen atoms in total. The van der Waals surface area contributed by atoms with Crippen LogP contribution in [0, 0.1) is 0 Å². The summed E-state index contributed by atoms with van der Waals surface area (Å²) in [5.41, 5.74) is 2.22. The smallest absolute Gasteiger partial charge is 0.269 e. The molecule has 0 saturated carbocycles. The summed E-state index contributed by atoms with van der Waals surface area (Å²) < 4.78 is 17.3. The summed E-state index contributed by atoms with van der Waals surface area (Å²) in [5, 5.41) is 0. The molecule has 118 valence electrons. The molecule has 0 aliphatic carbocycles. The van der Waals surface area contributed by atoms with Crippen molar-refractivity contribution in [2.24, 2.45) is 0 Å². The number of rotatable bonds is 7. The minimum Gasteiger partial charge on any atom is -0.519 e. The lowest BCUT2D eigenvalue weighted by Crippen LogP contribution is -2.27. The Balaban J connectivity index is 3.21. The van der Waals surface area contributed by atoms with E-state index in [4.69, 9.17) is 13.9 Å². The fourth-order valence-electron chi connectivity index (χ4n) is 1.91. The second kappa shape index (κ2) is 7.55. The molecular weight excluding hydrogens is 280 g/mol. The fraction of sp³-hybridized carbons (Fsp3) is 0.529. The van der Waals surface area contributed by atoms with Gasteiger partial charge in [0, 0.05) is 5.57 Å². The Morgan fingerprint density at radius 1 is 1.10 bits per heavy atom. The van der Waals surface area contributed by atoms with E-state index in [1.807, 2.05) is 26.0 Å². The van der Waals surface area contributed by atoms with Gasteiger partial charge in [0.1, 0.15) is 5.75 Å². The van der Waals surface area contributed by atoms with Gasteiger partial charge in [-0.1, -0.05) is 19.1 Å². The normalized spacial score (nSPS) is 13.0. The first-order valence-corrected chi connectivity index (χ1v) is 10.9. The standard InChI is InChI=1S/C17H28O3Si/c1-8-16(14-9-11-15(18-4)12-10-14)17(19-13(2)3)20-21(5,6)7/h9-13H,8H2,1-7H3/b17-16-. The van der Waals surface area contributed by atoms with Gasteiger partial charge in [0.15, 0.2) is 0 Å². The second-order valence-corrected chi connectivity index (χ2v) is 10.7. The predicted molar refractivity (Wildman–Crippen MR) is 90.9 cm³/mol. The third-order valence-electron chi connectivity index (χ3n) is 2.78. The van der Waals surface area contributed by atoms with Crippen molar-refractivity contribution in [3.8, 4) is 5.75 Å². The molecule has 0 atom stereocenters. The maximum Gasteiger partial charge on any atom is 0.269 e. The highest BCUT2D eigenvalue weighted by Crippen LogP contribution is 2.28. The van der Waals surface area contributed by atoms with Gasteiger partial charge in [-0.25, -0.2) is 0 Å². The molecule has 0 spiro atoms. The molecule has 0 heterocycles. The monoisotopic (exact) mass is 308 g/mol. The Morgan fingerprint density at radius 2 is 1.67 bits per heavy atom. The van der Waals surface area contributed by atoms with Crippen LogP contribution in [0.2, 0.25) is 19.6 Å². The van der Waals surface area contributed by atoms with E-state index in [2.05, 4.69) is 38.7 Å². The van der Waals surface area contributed by atoms with E-state index in [1.54, 1.807) is 7.11 Å². The van der Waals surface area contributed by atoms with Crippen molar-refractivity contribution in [1.82, 2.24) is 0 Å². The molecule has 4 heteroatoms. The number of ether oxygens (including phenoxy) is 2. The zero-order valence-electron chi connectivity index (χ0n) is 14.3. The lowest BCUT2D eigenvalue weighted by molar-refractivity contribution is 0.0617. The van der Waals surface area contributed by atoms with Crippen LogP contribution in [0.3, 0.4) is 0 Å². The Hall–Kier alpha value is -1.42. The summed E-state index contributed by atoms with van der Waals surface area (Å²) in [5.74, 6) is 1.53. The van der Waals surface area contributed by atoms with E-state index >= 15 is 0 Å². The van der Waals surface area contributed by atoms with Gasteiger partial charge < -0.3 is 13.9 Å². The largest absolute Gasteiger partial charge is 0.519 e. The molecule has 0 aliphatic rings. The molecule has 0 amide bonds. The SMILES string of the molecule is CC/C(=C(\OC(C)C)O[Si](C)(C)C)c1ccc(OC)cc1. The van der Waals surface area contributed by atoms with Crippen LogP contribution < -0.4 is 4.74 Å². The van der Waals surface area contributed by atoms with E-state index in [9.17, 15) is 0 Å². The van der Waals surface area contributed by atoms with E-state index in [0.29, 0.717) is 5.95 Å². The van der Waals surface area contributed by atoms with Crippen LogP contribution in [0.25, 0.3) is 5.57 Å². The first kappa shape index (κ1) is 17.6. The third-order valence-corrected chi connectivity index (χ3v) is 3.58. The molecule has 21 heavy (non-hydrogen) atoms. The molecule has 1 rings (SSSR count). The number of hydrogen-bond donors (Lipinski definition) is 0. The molecule has 1 aromatic carbocycles. The van der Waals surface area contributed by atoms with Crippen LogP contribution in [0.5, 0.6) is 5.75 Å². The number of methoxy groups -OCH3 is 1. The number of hydrogen-bond acceptors (Lipinski definition) is 3. The average Bonchev–Trinajstić information content (AvgIpc) is 2.37. The fourth-order valence-corrected chi connectivity index (χ4v) is 2.63. The summed E-state index contributed by atoms with van der Waals surface area (Å²) in [6.45, 7) is 12.7. The molecule has 0 aliphatic heterocycles. The van der Waals surface area contributed by atoms with E-state index < -0.39 is 8.32 Å². The van der Waals surface area contributed by atoms with Crippen molar-refractivity contribution < 1.29 is 13.9 Å². The highest BCUT2D eigenvalue weighted by Gasteiger charge is 2.22. The van der Waals surface area contributed by atoms with Crippen LogP contribution in [0.15, 0.2) is 30.2 Å². The summed E-state index contributed by atoms with van der Waals surface area (Å²) in [4.78, 5) is 0. The van der Waals surface area contributed by atoms with Gasteiger partial charge >= 0.3 is 0 Å². The van der Waals surface area contributed by atoms with Gasteiger partial charge in [0.2, 0.25) is 8.32 Å². The van der Waals surface area contributed by atoms with Crippen molar-refractivity contribution in [1.29, 1.82) is 0 Å². The van der Waals surface area contributed by atoms with Crippen molar-refractivity contribution >= 4 is 13.9 Å². The third kappa shape index (κ3) is 5.84. The maximum absolute atomic E-state index is 6.18. The average molecular weight is 308 g/mol. The summed E-state index contributed by atoms with van der Waals surface area (Å²) in [7, 11) is -0.0506. The van der Waals surface area contributed by atoms with E-state index in [-0.39, 0.29) is 6.10 Å². The molecule has 0 unspecified atom stereocenters. The van der Waals surface area contributed by atoms with Crippen LogP contribution in [-0.4, -0.2) is 21.5 Å². The van der Waals surface area contributed by atoms with E-state index in [0.717, 1.165) is 23.3 Å². The van der Waals surface area contributed by atoms with Crippen molar-refractivity contribution in [2.45, 2.75) is 52.9 Å². The first-order chi connectivity index (χ1) is 9.76. The molecule has 0 saturated heterocycles. The van der Waals surface area contributed by atoms with Crippen molar-refractivity contribution in [2.75, 3.05) is 7.11 Å². The highest BCUT2D eigenvalue weighted by molar-refractivity contribution is 6.70. The zero-order valence-corrected chi connectivity index (χ0v) is 15.3. The Morgan fingerprint density at radius 3 is 2.05 bits per heavy atom. The minimum absolute atomic E-state index is 0.0937. The summed E-state index contributed by atoms with van der Waals surface area (Å²) >= 11 is 0. The Kier molecular flexibility index (Phi) is 6.34. The Bertz CT molecular complexity index is 470. The molecular formula is C17H28O3Si. The quantitative estimate of drug-likeness (QED) is 0.521. The van der Waals surface area contributed by atoms with Gasteiger partial charge in [0.25, 0.3) is 5.95 Å². The molecule has 0 bridgehead atoms. The van der Waals surface area contributed by atoms with Gasteiger partial charge in [-0.3, -0.25) is 0 Å². The lowest BCUT2D eigenvalue weighted by atomic mass is 10.0. The molecule has 0 aromatic heterocycles. The lowest BCUT2D eigenvalue weighted by Gasteiger charge is -2.26. The zero-order chi connectivity index (χ0) is 16.0. The van der Waals surface area contributed by atoms with E-state index in [1.165, 1.54) is 0 Å². The van der Waals surface area contributed by atoms with Crippen LogP contribution in [-0.2, 0) is 9.16 Å². The van der Waals surface area contributed by atoms with Gasteiger partial charge in [0.05, 0.1) is 13.2 Å².